The van der Waals surface area contributed by atoms with Gasteiger partial charge in [0.15, 0.2) is 0 Å². The molecule has 2 rings (SSSR count). The van der Waals surface area contributed by atoms with E-state index in [-0.39, 0.29) is 0 Å². The Kier molecular flexibility index (Phi) is 1.81. The van der Waals surface area contributed by atoms with E-state index in [1.54, 1.807) is 12.4 Å². The van der Waals surface area contributed by atoms with Crippen LogP contribution in [-0.4, -0.2) is 9.97 Å². The smallest absolute Gasteiger partial charge is 0.0927 e. The van der Waals surface area contributed by atoms with Gasteiger partial charge >= 0.3 is 0 Å². The predicted molar refractivity (Wildman–Crippen MR) is 52.0 cm³/mol. The van der Waals surface area contributed by atoms with Crippen LogP contribution in [0.2, 0.25) is 0 Å². The van der Waals surface area contributed by atoms with Crippen molar-refractivity contribution in [2.75, 3.05) is 0 Å². The number of hydrogen-bond acceptors (Lipinski definition) is 2. The lowest BCUT2D eigenvalue weighted by Crippen LogP contribution is -1.86. The van der Waals surface area contributed by atoms with Gasteiger partial charge in [-0.1, -0.05) is 15.9 Å². The molecular weight excluding hydrogens is 216 g/mol. The molecule has 3 heteroatoms. The molecule has 1 aromatic carbocycles. The first kappa shape index (κ1) is 7.68. The maximum Gasteiger partial charge on any atom is 0.0927 e. The number of fused-ring (bicyclic) bond motifs is 1. The topological polar surface area (TPSA) is 25.8 Å². The molecule has 0 radical (unpaired) electrons. The summed E-state index contributed by atoms with van der Waals surface area (Å²) in [5.41, 5.74) is 3.05. The van der Waals surface area contributed by atoms with Gasteiger partial charge in [-0.3, -0.25) is 9.97 Å². The fourth-order valence-electron chi connectivity index (χ4n) is 1.15. The Hall–Kier alpha value is -0.960. The molecule has 0 unspecified atom stereocenters. The fraction of sp³-hybridized carbons (Fsp3) is 0.111. The molecule has 0 saturated heterocycles. The van der Waals surface area contributed by atoms with Gasteiger partial charge in [0, 0.05) is 16.9 Å². The average molecular weight is 223 g/mol. The van der Waals surface area contributed by atoms with E-state index in [4.69, 9.17) is 0 Å². The SMILES string of the molecule is Cc1c(Br)ccc2nccnc12. The van der Waals surface area contributed by atoms with E-state index in [0.717, 1.165) is 21.1 Å². The summed E-state index contributed by atoms with van der Waals surface area (Å²) in [6.07, 6.45) is 3.41. The van der Waals surface area contributed by atoms with Crippen molar-refractivity contribution < 1.29 is 0 Å². The highest BCUT2D eigenvalue weighted by Crippen LogP contribution is 2.21. The summed E-state index contributed by atoms with van der Waals surface area (Å²) in [6, 6.07) is 3.95. The summed E-state index contributed by atoms with van der Waals surface area (Å²) in [5.74, 6) is 0. The van der Waals surface area contributed by atoms with Crippen LogP contribution < -0.4 is 0 Å². The number of aryl methyl sites for hydroxylation is 1. The second kappa shape index (κ2) is 2.83. The molecule has 0 spiro atoms. The minimum atomic E-state index is 0.943. The largest absolute Gasteiger partial charge is 0.253 e. The molecule has 0 atom stereocenters. The van der Waals surface area contributed by atoms with Crippen LogP contribution in [0, 0.1) is 6.92 Å². The monoisotopic (exact) mass is 222 g/mol. The molecule has 0 saturated carbocycles. The molecule has 0 aliphatic heterocycles. The van der Waals surface area contributed by atoms with Crippen molar-refractivity contribution in [2.45, 2.75) is 6.92 Å². The second-order valence-corrected chi connectivity index (χ2v) is 3.45. The van der Waals surface area contributed by atoms with Crippen molar-refractivity contribution in [1.29, 1.82) is 0 Å². The van der Waals surface area contributed by atoms with Crippen LogP contribution >= 0.6 is 15.9 Å². The van der Waals surface area contributed by atoms with Crippen molar-refractivity contribution in [3.05, 3.63) is 34.6 Å². The third-order valence-corrected chi connectivity index (χ3v) is 2.69. The number of halogens is 1. The molecule has 1 heterocycles. The van der Waals surface area contributed by atoms with E-state index in [1.165, 1.54) is 0 Å². The van der Waals surface area contributed by atoms with Gasteiger partial charge in [-0.2, -0.15) is 0 Å². The van der Waals surface area contributed by atoms with Gasteiger partial charge in [0.2, 0.25) is 0 Å². The maximum atomic E-state index is 4.25. The molecule has 2 nitrogen and oxygen atoms in total. The molecule has 1 aromatic heterocycles. The van der Waals surface area contributed by atoms with Crippen molar-refractivity contribution in [3.63, 3.8) is 0 Å². The lowest BCUT2D eigenvalue weighted by molar-refractivity contribution is 1.27. The number of benzene rings is 1. The lowest BCUT2D eigenvalue weighted by atomic mass is 10.2. The summed E-state index contributed by atoms with van der Waals surface area (Å²) in [6.45, 7) is 2.03. The third-order valence-electron chi connectivity index (χ3n) is 1.83. The summed E-state index contributed by atoms with van der Waals surface area (Å²) in [5, 5.41) is 0. The Bertz CT molecular complexity index is 426. The van der Waals surface area contributed by atoms with Gasteiger partial charge < -0.3 is 0 Å². The number of rotatable bonds is 0. The molecule has 2 aromatic rings. The average Bonchev–Trinajstić information content (AvgIpc) is 2.12. The van der Waals surface area contributed by atoms with Crippen molar-refractivity contribution in [3.8, 4) is 0 Å². The van der Waals surface area contributed by atoms with Crippen LogP contribution in [0.15, 0.2) is 29.0 Å². The molecule has 0 aliphatic rings. The van der Waals surface area contributed by atoms with Gasteiger partial charge in [-0.15, -0.1) is 0 Å². The van der Waals surface area contributed by atoms with Crippen LogP contribution in [0.5, 0.6) is 0 Å². The van der Waals surface area contributed by atoms with Crippen molar-refractivity contribution in [2.24, 2.45) is 0 Å². The van der Waals surface area contributed by atoms with Crippen LogP contribution in [0.1, 0.15) is 5.56 Å². The molecule has 0 amide bonds. The minimum Gasteiger partial charge on any atom is -0.253 e. The van der Waals surface area contributed by atoms with Gasteiger partial charge in [-0.05, 0) is 24.6 Å². The van der Waals surface area contributed by atoms with E-state index < -0.39 is 0 Å². The second-order valence-electron chi connectivity index (χ2n) is 2.60. The standard InChI is InChI=1S/C9H7BrN2/c1-6-7(10)2-3-8-9(6)12-5-4-11-8/h2-5H,1H3. The van der Waals surface area contributed by atoms with Crippen molar-refractivity contribution >= 4 is 27.0 Å². The van der Waals surface area contributed by atoms with Crippen LogP contribution in [0.4, 0.5) is 0 Å². The first-order valence-electron chi connectivity index (χ1n) is 3.65. The fourth-order valence-corrected chi connectivity index (χ4v) is 1.47. The molecule has 60 valence electrons. The molecule has 0 fully saturated rings. The summed E-state index contributed by atoms with van der Waals surface area (Å²) in [7, 11) is 0. The molecular formula is C9H7BrN2. The quantitative estimate of drug-likeness (QED) is 0.686. The van der Waals surface area contributed by atoms with Crippen LogP contribution in [0.25, 0.3) is 11.0 Å². The third kappa shape index (κ3) is 1.10. The van der Waals surface area contributed by atoms with Crippen LogP contribution in [-0.2, 0) is 0 Å². The number of nitrogens with zero attached hydrogens (tertiary/aromatic N) is 2. The Balaban J connectivity index is 2.91. The summed E-state index contributed by atoms with van der Waals surface area (Å²) in [4.78, 5) is 8.45. The first-order valence-corrected chi connectivity index (χ1v) is 4.44. The predicted octanol–water partition coefficient (Wildman–Crippen LogP) is 2.70. The Morgan fingerprint density at radius 3 is 2.75 bits per heavy atom. The van der Waals surface area contributed by atoms with Crippen molar-refractivity contribution in [1.82, 2.24) is 9.97 Å². The van der Waals surface area contributed by atoms with E-state index in [2.05, 4.69) is 25.9 Å². The summed E-state index contributed by atoms with van der Waals surface area (Å²) >= 11 is 3.45. The van der Waals surface area contributed by atoms with Crippen LogP contribution in [0.3, 0.4) is 0 Å². The zero-order chi connectivity index (χ0) is 8.55. The van der Waals surface area contributed by atoms with E-state index in [0.29, 0.717) is 0 Å². The molecule has 0 N–H and O–H groups in total. The highest BCUT2D eigenvalue weighted by atomic mass is 79.9. The van der Waals surface area contributed by atoms with E-state index in [1.807, 2.05) is 19.1 Å². The Morgan fingerprint density at radius 1 is 1.17 bits per heavy atom. The van der Waals surface area contributed by atoms with E-state index in [9.17, 15) is 0 Å². The molecule has 0 bridgehead atoms. The zero-order valence-electron chi connectivity index (χ0n) is 6.58. The minimum absolute atomic E-state index is 0.943. The van der Waals surface area contributed by atoms with E-state index >= 15 is 0 Å². The van der Waals surface area contributed by atoms with Gasteiger partial charge in [0.25, 0.3) is 0 Å². The Morgan fingerprint density at radius 2 is 1.92 bits per heavy atom. The highest BCUT2D eigenvalue weighted by molar-refractivity contribution is 9.10. The Labute approximate surface area is 78.8 Å². The lowest BCUT2D eigenvalue weighted by Gasteiger charge is -2.00. The number of aromatic nitrogens is 2. The molecule has 12 heavy (non-hydrogen) atoms. The zero-order valence-corrected chi connectivity index (χ0v) is 8.17. The van der Waals surface area contributed by atoms with Gasteiger partial charge in [-0.25, -0.2) is 0 Å². The summed E-state index contributed by atoms with van der Waals surface area (Å²) < 4.78 is 1.08. The van der Waals surface area contributed by atoms with Gasteiger partial charge in [0.05, 0.1) is 11.0 Å². The first-order chi connectivity index (χ1) is 5.79. The highest BCUT2D eigenvalue weighted by Gasteiger charge is 2.01. The molecule has 0 aliphatic carbocycles. The van der Waals surface area contributed by atoms with Gasteiger partial charge in [0.1, 0.15) is 0 Å². The normalized spacial score (nSPS) is 10.5. The maximum absolute atomic E-state index is 4.25. The number of hydrogen-bond donors (Lipinski definition) is 0.